The number of amides is 3. The number of hydrogen-bond donors (Lipinski definition) is 2. The van der Waals surface area contributed by atoms with Gasteiger partial charge in [-0.25, -0.2) is 5.43 Å². The first-order valence-corrected chi connectivity index (χ1v) is 13.8. The fraction of sp³-hybridized carbons (Fsp3) is 0.577. The fourth-order valence-electron chi connectivity index (χ4n) is 5.12. The molecule has 4 rings (SSSR count). The van der Waals surface area contributed by atoms with E-state index in [1.165, 1.54) is 11.8 Å². The van der Waals surface area contributed by atoms with Crippen LogP contribution in [0.25, 0.3) is 0 Å². The minimum absolute atomic E-state index is 0. The predicted octanol–water partition coefficient (Wildman–Crippen LogP) is 2.66. The monoisotopic (exact) mass is 549 g/mol. The Morgan fingerprint density at radius 2 is 1.65 bits per heavy atom. The van der Waals surface area contributed by atoms with Crippen molar-refractivity contribution in [2.75, 3.05) is 32.4 Å². The Hall–Kier alpha value is -2.59. The van der Waals surface area contributed by atoms with Crippen LogP contribution in [0.4, 0.5) is 0 Å². The van der Waals surface area contributed by atoms with Crippen molar-refractivity contribution >= 4 is 52.8 Å². The molecule has 1 atom stereocenters. The van der Waals surface area contributed by atoms with Crippen LogP contribution in [-0.4, -0.2) is 76.9 Å². The molecule has 1 aliphatic carbocycles. The number of nitrogens with one attached hydrogen (secondary N) is 2. The average molecular weight is 550 g/mol. The summed E-state index contributed by atoms with van der Waals surface area (Å²) in [5.74, 6) is -1.18. The fourth-order valence-corrected chi connectivity index (χ4v) is 6.09. The van der Waals surface area contributed by atoms with Crippen molar-refractivity contribution in [3.8, 4) is 0 Å². The molecule has 3 aliphatic rings. The van der Waals surface area contributed by atoms with Crippen molar-refractivity contribution in [2.45, 2.75) is 51.0 Å². The number of halogens is 1. The summed E-state index contributed by atoms with van der Waals surface area (Å²) in [6.45, 7) is 1.76. The quantitative estimate of drug-likeness (QED) is 0.399. The van der Waals surface area contributed by atoms with Gasteiger partial charge >= 0.3 is 5.91 Å². The van der Waals surface area contributed by atoms with Crippen molar-refractivity contribution < 1.29 is 19.2 Å². The van der Waals surface area contributed by atoms with E-state index < -0.39 is 17.7 Å². The first kappa shape index (κ1) is 29.0. The average Bonchev–Trinajstić information content (AvgIpc) is 3.35. The molecule has 37 heavy (non-hydrogen) atoms. The van der Waals surface area contributed by atoms with E-state index >= 15 is 0 Å². The zero-order valence-electron chi connectivity index (χ0n) is 21.2. The van der Waals surface area contributed by atoms with Crippen molar-refractivity contribution in [1.82, 2.24) is 20.5 Å². The summed E-state index contributed by atoms with van der Waals surface area (Å²) in [6, 6.07) is 8.18. The highest BCUT2D eigenvalue weighted by atomic mass is 35.5. The molecule has 0 spiro atoms. The molecular weight excluding hydrogens is 514 g/mol. The number of hydrogen-bond acceptors (Lipinski definition) is 6. The molecule has 1 aromatic carbocycles. The molecule has 2 saturated heterocycles. The van der Waals surface area contributed by atoms with Gasteiger partial charge in [-0.05, 0) is 43.7 Å². The molecule has 2 N–H and O–H groups in total. The Labute approximate surface area is 228 Å². The number of thioether (sulfide) groups is 1. The normalized spacial score (nSPS) is 20.7. The van der Waals surface area contributed by atoms with E-state index in [1.807, 2.05) is 30.1 Å². The topological polar surface area (TPSA) is 111 Å². The molecule has 2 heterocycles. The molecule has 0 radical (unpaired) electrons. The van der Waals surface area contributed by atoms with Crippen molar-refractivity contribution in [3.05, 3.63) is 35.9 Å². The zero-order valence-corrected chi connectivity index (χ0v) is 22.8. The zero-order chi connectivity index (χ0) is 25.5. The minimum Gasteiger partial charge on any atom is -0.352 e. The lowest BCUT2D eigenvalue weighted by Crippen LogP contribution is -2.54. The third kappa shape index (κ3) is 7.47. The van der Waals surface area contributed by atoms with Gasteiger partial charge in [-0.2, -0.15) is 0 Å². The highest BCUT2D eigenvalue weighted by Crippen LogP contribution is 2.26. The first-order valence-electron chi connectivity index (χ1n) is 12.8. The van der Waals surface area contributed by atoms with Crippen LogP contribution < -0.4 is 10.7 Å². The van der Waals surface area contributed by atoms with E-state index in [0.29, 0.717) is 36.7 Å². The number of piperidine rings is 1. The minimum atomic E-state index is -0.928. The number of amidine groups is 1. The molecule has 2 aliphatic heterocycles. The molecule has 1 aromatic rings. The largest absolute Gasteiger partial charge is 0.352 e. The molecule has 3 fully saturated rings. The van der Waals surface area contributed by atoms with Crippen LogP contribution in [0.3, 0.4) is 0 Å². The van der Waals surface area contributed by atoms with Crippen molar-refractivity contribution in [3.63, 3.8) is 0 Å². The number of Topliss-reactive ketones (excluding diaryl/α,β-unsaturated/α-hetero) is 1. The van der Waals surface area contributed by atoms with Gasteiger partial charge in [0.25, 0.3) is 5.91 Å². The molecular formula is C26H36ClN5O4S. The molecule has 11 heteroatoms. The Bertz CT molecular complexity index is 994. The van der Waals surface area contributed by atoms with E-state index in [0.717, 1.165) is 44.4 Å². The SMILES string of the molecule is CN1CCSC1=NNC(=O)C(=O)C(NC(=O)C1CCCCC1)C1CCN(C(=O)c2ccccc2)CC1.Cl. The van der Waals surface area contributed by atoms with Crippen LogP contribution in [-0.2, 0) is 14.4 Å². The van der Waals surface area contributed by atoms with Crippen LogP contribution in [0.5, 0.6) is 0 Å². The second-order valence-corrected chi connectivity index (χ2v) is 10.8. The van der Waals surface area contributed by atoms with Gasteiger partial charge in [-0.1, -0.05) is 49.2 Å². The van der Waals surface area contributed by atoms with Crippen LogP contribution >= 0.6 is 24.2 Å². The summed E-state index contributed by atoms with van der Waals surface area (Å²) in [5.41, 5.74) is 3.02. The summed E-state index contributed by atoms with van der Waals surface area (Å²) in [6.07, 6.45) is 5.79. The Balaban J connectivity index is 0.00000380. The third-order valence-corrected chi connectivity index (χ3v) is 8.38. The lowest BCUT2D eigenvalue weighted by Gasteiger charge is -2.36. The Morgan fingerprint density at radius 3 is 2.27 bits per heavy atom. The lowest BCUT2D eigenvalue weighted by molar-refractivity contribution is -0.141. The number of nitrogens with zero attached hydrogens (tertiary/aromatic N) is 3. The number of ketones is 1. The van der Waals surface area contributed by atoms with Gasteiger partial charge in [0.05, 0.1) is 0 Å². The van der Waals surface area contributed by atoms with E-state index in [4.69, 9.17) is 0 Å². The number of rotatable bonds is 7. The van der Waals surface area contributed by atoms with Gasteiger partial charge in [-0.15, -0.1) is 17.5 Å². The second kappa shape index (κ2) is 13.8. The van der Waals surface area contributed by atoms with E-state index in [2.05, 4.69) is 15.8 Å². The van der Waals surface area contributed by atoms with Crippen LogP contribution in [0.15, 0.2) is 35.4 Å². The summed E-state index contributed by atoms with van der Waals surface area (Å²) < 4.78 is 0. The second-order valence-electron chi connectivity index (χ2n) is 9.79. The molecule has 9 nitrogen and oxygen atoms in total. The summed E-state index contributed by atoms with van der Waals surface area (Å²) in [7, 11) is 1.88. The highest BCUT2D eigenvalue weighted by molar-refractivity contribution is 8.14. The molecule has 202 valence electrons. The van der Waals surface area contributed by atoms with Gasteiger partial charge in [0, 0.05) is 43.9 Å². The molecule has 0 aromatic heterocycles. The summed E-state index contributed by atoms with van der Waals surface area (Å²) >= 11 is 1.51. The van der Waals surface area contributed by atoms with Gasteiger partial charge in [0.15, 0.2) is 5.17 Å². The molecule has 0 bridgehead atoms. The summed E-state index contributed by atoms with van der Waals surface area (Å²) in [5, 5.41) is 7.70. The number of likely N-dealkylation sites (tertiary alicyclic amines) is 1. The van der Waals surface area contributed by atoms with Crippen molar-refractivity contribution in [1.29, 1.82) is 0 Å². The predicted molar refractivity (Wildman–Crippen MR) is 146 cm³/mol. The highest BCUT2D eigenvalue weighted by Gasteiger charge is 2.38. The lowest BCUT2D eigenvalue weighted by atomic mass is 9.84. The number of benzene rings is 1. The maximum atomic E-state index is 13.3. The van der Waals surface area contributed by atoms with Crippen LogP contribution in [0, 0.1) is 11.8 Å². The standard InChI is InChI=1S/C26H35N5O4S.ClH/c1-30-16-17-36-26(30)29-28-24(34)22(32)21(27-23(33)19-8-4-2-5-9-19)18-12-14-31(15-13-18)25(35)20-10-6-3-7-11-20;/h3,6-7,10-11,18-19,21H,2,4-5,8-9,12-17H2,1H3,(H,27,33)(H,28,34);1H. The van der Waals surface area contributed by atoms with E-state index in [-0.39, 0.29) is 36.1 Å². The summed E-state index contributed by atoms with van der Waals surface area (Å²) in [4.78, 5) is 55.7. The van der Waals surface area contributed by atoms with Crippen LogP contribution in [0.1, 0.15) is 55.3 Å². The Kier molecular flexibility index (Phi) is 10.8. The van der Waals surface area contributed by atoms with Gasteiger partial charge in [0.1, 0.15) is 6.04 Å². The third-order valence-electron chi connectivity index (χ3n) is 7.34. The van der Waals surface area contributed by atoms with Gasteiger partial charge in [-0.3, -0.25) is 19.2 Å². The van der Waals surface area contributed by atoms with E-state index in [1.54, 1.807) is 17.0 Å². The van der Waals surface area contributed by atoms with E-state index in [9.17, 15) is 19.2 Å². The number of hydrazone groups is 1. The molecule has 3 amide bonds. The van der Waals surface area contributed by atoms with Gasteiger partial charge in [0.2, 0.25) is 11.7 Å². The first-order chi connectivity index (χ1) is 17.4. The molecule has 1 unspecified atom stereocenters. The Morgan fingerprint density at radius 1 is 0.973 bits per heavy atom. The number of carbonyl (C=O) groups is 4. The number of carbonyl (C=O) groups excluding carboxylic acids is 4. The molecule has 1 saturated carbocycles. The van der Waals surface area contributed by atoms with Crippen molar-refractivity contribution in [2.24, 2.45) is 16.9 Å². The smallest absolute Gasteiger partial charge is 0.309 e. The van der Waals surface area contributed by atoms with Gasteiger partial charge < -0.3 is 15.1 Å². The maximum Gasteiger partial charge on any atom is 0.309 e. The van der Waals surface area contributed by atoms with Crippen LogP contribution in [0.2, 0.25) is 0 Å². The maximum absolute atomic E-state index is 13.3.